The Balaban J connectivity index is 3.35. The summed E-state index contributed by atoms with van der Waals surface area (Å²) in [7, 11) is 0. The second kappa shape index (κ2) is 3.83. The van der Waals surface area contributed by atoms with Crippen molar-refractivity contribution in [2.75, 3.05) is 0 Å². The Morgan fingerprint density at radius 1 is 1.25 bits per heavy atom. The molecule has 0 spiro atoms. The first kappa shape index (κ1) is 7.88. The minimum absolute atomic E-state index is 0.102. The average molecular weight is 119 g/mol. The van der Waals surface area contributed by atoms with Crippen LogP contribution in [0.15, 0.2) is 0 Å². The fourth-order valence-electron chi connectivity index (χ4n) is 0.615. The predicted molar refractivity (Wildman–Crippen MR) is 29.8 cm³/mol. The van der Waals surface area contributed by atoms with Gasteiger partial charge in [-0.05, 0) is 12.8 Å². The fourth-order valence-corrected chi connectivity index (χ4v) is 0.615. The topological polar surface area (TPSA) is 43.7 Å². The third kappa shape index (κ3) is 2.26. The lowest BCUT2D eigenvalue weighted by molar-refractivity contribution is -0.332. The SMILES string of the molecule is CCC(CC)N(O)O. The third-order valence-electron chi connectivity index (χ3n) is 1.27. The Kier molecular flexibility index (Phi) is 3.77. The highest BCUT2D eigenvalue weighted by atomic mass is 16.8. The fraction of sp³-hybridized carbons (Fsp3) is 1.00. The van der Waals surface area contributed by atoms with Crippen LogP contribution in [0.4, 0.5) is 0 Å². The lowest BCUT2D eigenvalue weighted by atomic mass is 10.2. The molecule has 0 aromatic heterocycles. The average Bonchev–Trinajstić information content (AvgIpc) is 1.69. The zero-order valence-corrected chi connectivity index (χ0v) is 5.33. The summed E-state index contributed by atoms with van der Waals surface area (Å²) in [6.07, 6.45) is 1.53. The van der Waals surface area contributed by atoms with Gasteiger partial charge in [-0.3, -0.25) is 10.4 Å². The highest BCUT2D eigenvalue weighted by Gasteiger charge is 2.07. The van der Waals surface area contributed by atoms with Gasteiger partial charge in [0.25, 0.3) is 0 Å². The zero-order chi connectivity index (χ0) is 6.57. The molecule has 0 saturated carbocycles. The van der Waals surface area contributed by atoms with Gasteiger partial charge in [-0.15, -0.1) is 0 Å². The molecule has 0 aliphatic carbocycles. The summed E-state index contributed by atoms with van der Waals surface area (Å²) in [5.41, 5.74) is 0. The van der Waals surface area contributed by atoms with Crippen LogP contribution in [0.3, 0.4) is 0 Å². The molecule has 0 amide bonds. The molecule has 0 unspecified atom stereocenters. The van der Waals surface area contributed by atoms with Crippen LogP contribution in [0.1, 0.15) is 26.7 Å². The summed E-state index contributed by atoms with van der Waals surface area (Å²) in [4.78, 5) is 0. The number of nitrogens with zero attached hydrogens (tertiary/aromatic N) is 1. The highest BCUT2D eigenvalue weighted by molar-refractivity contribution is 4.52. The van der Waals surface area contributed by atoms with Crippen molar-refractivity contribution in [2.45, 2.75) is 32.7 Å². The smallest absolute Gasteiger partial charge is 0.0618 e. The molecule has 0 atom stereocenters. The van der Waals surface area contributed by atoms with Gasteiger partial charge in [0.05, 0.1) is 6.04 Å². The van der Waals surface area contributed by atoms with E-state index in [0.29, 0.717) is 0 Å². The lowest BCUT2D eigenvalue weighted by Crippen LogP contribution is -2.27. The van der Waals surface area contributed by atoms with Crippen molar-refractivity contribution < 1.29 is 10.4 Å². The van der Waals surface area contributed by atoms with Gasteiger partial charge >= 0.3 is 0 Å². The molecule has 8 heavy (non-hydrogen) atoms. The minimum atomic E-state index is -0.102. The van der Waals surface area contributed by atoms with Gasteiger partial charge in [0.2, 0.25) is 0 Å². The van der Waals surface area contributed by atoms with Crippen LogP contribution >= 0.6 is 0 Å². The van der Waals surface area contributed by atoms with Crippen LogP contribution in [0.25, 0.3) is 0 Å². The number of hydroxylamine groups is 2. The van der Waals surface area contributed by atoms with Gasteiger partial charge < -0.3 is 0 Å². The molecule has 3 nitrogen and oxygen atoms in total. The van der Waals surface area contributed by atoms with Crippen LogP contribution in [0.5, 0.6) is 0 Å². The Hall–Kier alpha value is -0.120. The first-order valence-electron chi connectivity index (χ1n) is 2.89. The second-order valence-corrected chi connectivity index (χ2v) is 1.79. The molecule has 2 N–H and O–H groups in total. The van der Waals surface area contributed by atoms with E-state index in [9.17, 15) is 0 Å². The van der Waals surface area contributed by atoms with Crippen molar-refractivity contribution >= 4 is 0 Å². The van der Waals surface area contributed by atoms with E-state index in [1.807, 2.05) is 13.8 Å². The molecular formula is C5H13NO2. The first-order chi connectivity index (χ1) is 3.72. The molecule has 0 saturated heterocycles. The molecule has 0 rings (SSSR count). The van der Waals surface area contributed by atoms with E-state index in [1.165, 1.54) is 0 Å². The van der Waals surface area contributed by atoms with Gasteiger partial charge in [0.1, 0.15) is 0 Å². The first-order valence-corrected chi connectivity index (χ1v) is 2.89. The van der Waals surface area contributed by atoms with E-state index in [4.69, 9.17) is 10.4 Å². The maximum atomic E-state index is 8.40. The molecule has 0 aromatic rings. The number of hydrogen-bond donors (Lipinski definition) is 2. The van der Waals surface area contributed by atoms with Crippen molar-refractivity contribution in [3.05, 3.63) is 0 Å². The van der Waals surface area contributed by atoms with Crippen molar-refractivity contribution in [2.24, 2.45) is 0 Å². The maximum absolute atomic E-state index is 8.40. The van der Waals surface area contributed by atoms with Crippen molar-refractivity contribution in [1.29, 1.82) is 0 Å². The Labute approximate surface area is 49.5 Å². The predicted octanol–water partition coefficient (Wildman–Crippen LogP) is 1.26. The molecule has 0 aromatic carbocycles. The van der Waals surface area contributed by atoms with E-state index in [1.54, 1.807) is 0 Å². The Bertz CT molecular complexity index is 52.4. The molecule has 0 radical (unpaired) electrons. The molecule has 0 aliphatic rings. The molecular weight excluding hydrogens is 106 g/mol. The summed E-state index contributed by atoms with van der Waals surface area (Å²) in [5, 5.41) is 17.1. The normalized spacial score (nSPS) is 11.2. The quantitative estimate of drug-likeness (QED) is 0.549. The molecule has 0 fully saturated rings. The lowest BCUT2D eigenvalue weighted by Gasteiger charge is -2.15. The van der Waals surface area contributed by atoms with E-state index >= 15 is 0 Å². The summed E-state index contributed by atoms with van der Waals surface area (Å²) >= 11 is 0. The van der Waals surface area contributed by atoms with Gasteiger partial charge in [-0.1, -0.05) is 19.1 Å². The Morgan fingerprint density at radius 3 is 1.62 bits per heavy atom. The highest BCUT2D eigenvalue weighted by Crippen LogP contribution is 2.01. The van der Waals surface area contributed by atoms with Gasteiger partial charge in [0.15, 0.2) is 0 Å². The maximum Gasteiger partial charge on any atom is 0.0618 e. The van der Waals surface area contributed by atoms with Gasteiger partial charge in [-0.2, -0.15) is 0 Å². The summed E-state index contributed by atoms with van der Waals surface area (Å²) in [6.45, 7) is 3.82. The molecule has 0 bridgehead atoms. The zero-order valence-electron chi connectivity index (χ0n) is 5.33. The Morgan fingerprint density at radius 2 is 1.62 bits per heavy atom. The van der Waals surface area contributed by atoms with Crippen molar-refractivity contribution in [3.8, 4) is 0 Å². The third-order valence-corrected chi connectivity index (χ3v) is 1.27. The van der Waals surface area contributed by atoms with Crippen molar-refractivity contribution in [1.82, 2.24) is 5.23 Å². The number of rotatable bonds is 3. The van der Waals surface area contributed by atoms with Crippen molar-refractivity contribution in [3.63, 3.8) is 0 Å². The minimum Gasteiger partial charge on any atom is -0.289 e. The van der Waals surface area contributed by atoms with E-state index in [2.05, 4.69) is 0 Å². The van der Waals surface area contributed by atoms with Crippen LogP contribution in [0.2, 0.25) is 0 Å². The molecule has 0 heterocycles. The monoisotopic (exact) mass is 119 g/mol. The second-order valence-electron chi connectivity index (χ2n) is 1.79. The van der Waals surface area contributed by atoms with Crippen LogP contribution in [0, 0.1) is 0 Å². The molecule has 50 valence electrons. The standard InChI is InChI=1S/C5H13NO2/c1-3-5(4-2)6(7)8/h5,7-8H,3-4H2,1-2H3. The van der Waals surface area contributed by atoms with Crippen LogP contribution < -0.4 is 0 Å². The largest absolute Gasteiger partial charge is 0.289 e. The summed E-state index contributed by atoms with van der Waals surface area (Å²) in [6, 6.07) is -0.102. The molecule has 0 aliphatic heterocycles. The van der Waals surface area contributed by atoms with E-state index in [0.717, 1.165) is 12.8 Å². The summed E-state index contributed by atoms with van der Waals surface area (Å²) < 4.78 is 0. The van der Waals surface area contributed by atoms with Gasteiger partial charge in [-0.25, -0.2) is 0 Å². The van der Waals surface area contributed by atoms with Gasteiger partial charge in [0, 0.05) is 0 Å². The van der Waals surface area contributed by atoms with E-state index < -0.39 is 0 Å². The number of hydrogen-bond acceptors (Lipinski definition) is 3. The van der Waals surface area contributed by atoms with Crippen LogP contribution in [-0.4, -0.2) is 21.7 Å². The summed E-state index contributed by atoms with van der Waals surface area (Å²) in [5.74, 6) is 0. The van der Waals surface area contributed by atoms with E-state index in [-0.39, 0.29) is 11.3 Å². The van der Waals surface area contributed by atoms with Crippen LogP contribution in [-0.2, 0) is 0 Å². The molecule has 3 heteroatoms.